The Morgan fingerprint density at radius 3 is 2.73 bits per heavy atom. The van der Waals surface area contributed by atoms with Crippen LogP contribution in [0, 0.1) is 0 Å². The summed E-state index contributed by atoms with van der Waals surface area (Å²) < 4.78 is 10.2. The number of benzene rings is 1. The normalized spacial score (nSPS) is 9.09. The van der Waals surface area contributed by atoms with Gasteiger partial charge < -0.3 is 9.90 Å². The molecule has 3 nitrogen and oxygen atoms in total. The minimum absolute atomic E-state index is 0.0332. The number of hydrogen-bond acceptors (Lipinski definition) is 3. The molecule has 56 valence electrons. The van der Waals surface area contributed by atoms with Gasteiger partial charge in [-0.1, -0.05) is 12.1 Å². The smallest absolute Gasteiger partial charge is 0.505 e. The van der Waals surface area contributed by atoms with E-state index in [-0.39, 0.29) is 17.2 Å². The van der Waals surface area contributed by atoms with Gasteiger partial charge in [0.2, 0.25) is 0 Å². The van der Waals surface area contributed by atoms with E-state index in [0.29, 0.717) is 4.90 Å². The Balaban J connectivity index is 3.10. The molecule has 0 unspecified atom stereocenters. The molecule has 4 heteroatoms. The Morgan fingerprint density at radius 1 is 1.45 bits per heavy atom. The number of rotatable bonds is 2. The second-order valence-corrected chi connectivity index (χ2v) is 2.54. The van der Waals surface area contributed by atoms with Crippen molar-refractivity contribution in [2.75, 3.05) is 0 Å². The molecule has 11 heavy (non-hydrogen) atoms. The Morgan fingerprint density at radius 2 is 2.18 bits per heavy atom. The molecule has 0 radical (unpaired) electrons. The van der Waals surface area contributed by atoms with E-state index in [2.05, 4.69) is 0 Å². The predicted octanol–water partition coefficient (Wildman–Crippen LogP) is -0.163. The maximum Gasteiger partial charge on any atom is 0.505 e. The first-order chi connectivity index (χ1) is 5.24. The average Bonchev–Trinajstić information content (AvgIpc) is 2.05. The molecule has 0 aromatic heterocycles. The lowest BCUT2D eigenvalue weighted by atomic mass is 10.2. The van der Waals surface area contributed by atoms with Gasteiger partial charge in [-0.15, -0.1) is 0 Å². The van der Waals surface area contributed by atoms with Crippen LogP contribution in [-0.4, -0.2) is 5.97 Å². The van der Waals surface area contributed by atoms with Crippen LogP contribution in [0.5, 0.6) is 0 Å². The van der Waals surface area contributed by atoms with Crippen molar-refractivity contribution in [1.82, 2.24) is 0 Å². The van der Waals surface area contributed by atoms with Crippen molar-refractivity contribution in [2.24, 2.45) is 0 Å². The van der Waals surface area contributed by atoms with Crippen LogP contribution in [0.15, 0.2) is 29.2 Å². The highest BCUT2D eigenvalue weighted by Crippen LogP contribution is 2.03. The molecule has 1 aromatic rings. The van der Waals surface area contributed by atoms with E-state index < -0.39 is 5.97 Å². The molecular weight excluding hydrogens is 164 g/mol. The zero-order valence-corrected chi connectivity index (χ0v) is 6.26. The summed E-state index contributed by atoms with van der Waals surface area (Å²) in [6, 6.07) is 5.72. The summed E-state index contributed by atoms with van der Waals surface area (Å²) in [4.78, 5) is 10.6. The third kappa shape index (κ3) is 1.81. The number of carbonyl (C=O) groups excluding carboxylic acids is 1. The molecule has 1 aromatic carbocycles. The second kappa shape index (κ2) is 3.21. The summed E-state index contributed by atoms with van der Waals surface area (Å²) in [5.41, 5.74) is 0.0332. The van der Waals surface area contributed by atoms with Crippen molar-refractivity contribution in [3.63, 3.8) is 0 Å². The van der Waals surface area contributed by atoms with E-state index in [0.717, 1.165) is 0 Å². The van der Waals surface area contributed by atoms with Gasteiger partial charge in [0.1, 0.15) is 0 Å². The number of carbonyl (C=O) groups is 1. The molecule has 0 aliphatic rings. The topological polar surface area (TPSA) is 57.2 Å². The van der Waals surface area contributed by atoms with Crippen LogP contribution >= 0.6 is 0 Å². The van der Waals surface area contributed by atoms with Crippen LogP contribution in [-0.2, 0) is 15.9 Å². The van der Waals surface area contributed by atoms with Crippen molar-refractivity contribution < 1.29 is 14.1 Å². The van der Waals surface area contributed by atoms with Gasteiger partial charge in [-0.05, 0) is 0 Å². The molecule has 0 aliphatic carbocycles. The molecular formula is C7H4O3S. The lowest BCUT2D eigenvalue weighted by molar-refractivity contribution is -0.255. The standard InChI is InChI=1S/C7H4O3S/c8-7(9)5-2-1-3-6(4-5)11-10/h1-4H. The van der Waals surface area contributed by atoms with E-state index in [4.69, 9.17) is 0 Å². The van der Waals surface area contributed by atoms with Gasteiger partial charge >= 0.3 is 11.7 Å². The van der Waals surface area contributed by atoms with E-state index in [1.807, 2.05) is 0 Å². The highest BCUT2D eigenvalue weighted by atomic mass is 32.1. The highest BCUT2D eigenvalue weighted by molar-refractivity contribution is 7.65. The van der Waals surface area contributed by atoms with Crippen LogP contribution in [0.1, 0.15) is 10.4 Å². The van der Waals surface area contributed by atoms with Gasteiger partial charge in [-0.2, -0.15) is 0 Å². The van der Waals surface area contributed by atoms with Crippen LogP contribution in [0.4, 0.5) is 0 Å². The van der Waals surface area contributed by atoms with Gasteiger partial charge in [0.05, 0.1) is 5.97 Å². The maximum atomic E-state index is 10.2. The highest BCUT2D eigenvalue weighted by Gasteiger charge is 2.05. The van der Waals surface area contributed by atoms with Crippen LogP contribution < -0.4 is 5.11 Å². The fraction of sp³-hybridized carbons (Fsp3) is 0. The Labute approximate surface area is 67.2 Å². The lowest BCUT2D eigenvalue weighted by Gasteiger charge is -1.97. The molecule has 0 amide bonds. The summed E-state index contributed by atoms with van der Waals surface area (Å²) in [6.45, 7) is 0. The monoisotopic (exact) mass is 168 g/mol. The molecule has 0 fully saturated rings. The average molecular weight is 168 g/mol. The molecule has 0 atom stereocenters. The quantitative estimate of drug-likeness (QED) is 0.576. The van der Waals surface area contributed by atoms with E-state index in [1.165, 1.54) is 18.2 Å². The van der Waals surface area contributed by atoms with Crippen molar-refractivity contribution in [3.05, 3.63) is 29.8 Å². The first kappa shape index (κ1) is 7.81. The minimum atomic E-state index is -1.26. The summed E-state index contributed by atoms with van der Waals surface area (Å²) in [6.07, 6.45) is 0. The maximum absolute atomic E-state index is 10.2. The molecule has 0 aliphatic heterocycles. The van der Waals surface area contributed by atoms with E-state index in [1.54, 1.807) is 6.07 Å². The van der Waals surface area contributed by atoms with Gasteiger partial charge in [0, 0.05) is 21.9 Å². The number of carboxylic acid groups (broad SMARTS) is 1. The van der Waals surface area contributed by atoms with Crippen LogP contribution in [0.25, 0.3) is 0 Å². The van der Waals surface area contributed by atoms with Crippen molar-refractivity contribution in [3.8, 4) is 0 Å². The largest absolute Gasteiger partial charge is 0.545 e. The molecule has 0 spiro atoms. The fourth-order valence-corrected chi connectivity index (χ4v) is 0.984. The fourth-order valence-electron chi connectivity index (χ4n) is 0.675. The van der Waals surface area contributed by atoms with Gasteiger partial charge in [-0.25, -0.2) is 0 Å². The predicted molar refractivity (Wildman–Crippen MR) is 37.1 cm³/mol. The molecule has 0 bridgehead atoms. The zero-order valence-electron chi connectivity index (χ0n) is 5.44. The Hall–Kier alpha value is -1.29. The van der Waals surface area contributed by atoms with Crippen LogP contribution in [0.3, 0.4) is 0 Å². The van der Waals surface area contributed by atoms with Crippen molar-refractivity contribution in [2.45, 2.75) is 4.90 Å². The summed E-state index contributed by atoms with van der Waals surface area (Å²) in [7, 11) is 0. The Bertz CT molecular complexity index is 295. The van der Waals surface area contributed by atoms with Gasteiger partial charge in [-0.3, -0.25) is 0 Å². The van der Waals surface area contributed by atoms with Gasteiger partial charge in [0.15, 0.2) is 0 Å². The first-order valence-electron chi connectivity index (χ1n) is 2.85. The molecule has 0 N–H and O–H groups in total. The summed E-state index contributed by atoms with van der Waals surface area (Å²) >= 11 is 0.259. The van der Waals surface area contributed by atoms with E-state index in [9.17, 15) is 14.1 Å². The second-order valence-electron chi connectivity index (χ2n) is 1.90. The summed E-state index contributed by atoms with van der Waals surface area (Å²) in [5, 5.41) is 10.2. The van der Waals surface area contributed by atoms with Gasteiger partial charge in [0.25, 0.3) is 4.90 Å². The third-order valence-corrected chi connectivity index (χ3v) is 1.61. The molecule has 0 saturated heterocycles. The Kier molecular flexibility index (Phi) is 2.28. The third-order valence-electron chi connectivity index (χ3n) is 1.17. The molecule has 0 saturated carbocycles. The summed E-state index contributed by atoms with van der Waals surface area (Å²) in [5.74, 6) is -1.26. The van der Waals surface area contributed by atoms with E-state index >= 15 is 0 Å². The number of aromatic carboxylic acids is 1. The minimum Gasteiger partial charge on any atom is -0.545 e. The zero-order chi connectivity index (χ0) is 8.27. The van der Waals surface area contributed by atoms with Crippen LogP contribution in [0.2, 0.25) is 0 Å². The van der Waals surface area contributed by atoms with Crippen molar-refractivity contribution in [1.29, 1.82) is 0 Å². The first-order valence-corrected chi connectivity index (χ1v) is 3.59. The number of carboxylic acids is 1. The molecule has 0 heterocycles. The SMILES string of the molecule is O=[S+]c1cccc(C(=O)[O-])c1. The lowest BCUT2D eigenvalue weighted by Crippen LogP contribution is -2.22. The number of hydrogen-bond donors (Lipinski definition) is 0. The molecule has 1 rings (SSSR count). The van der Waals surface area contributed by atoms with Crippen molar-refractivity contribution >= 4 is 17.6 Å².